The van der Waals surface area contributed by atoms with Gasteiger partial charge in [0, 0.05) is 5.56 Å². The number of aliphatic hydroxyl groups is 1. The van der Waals surface area contributed by atoms with E-state index in [0.29, 0.717) is 25.2 Å². The Balaban J connectivity index is 2.13. The second-order valence-electron chi connectivity index (χ2n) is 10.1. The zero-order chi connectivity index (χ0) is 28.5. The van der Waals surface area contributed by atoms with Crippen LogP contribution in [0.1, 0.15) is 78.8 Å². The summed E-state index contributed by atoms with van der Waals surface area (Å²) in [6.07, 6.45) is 4.08. The summed E-state index contributed by atoms with van der Waals surface area (Å²) < 4.78 is 27.0. The Morgan fingerprint density at radius 1 is 1.18 bits per heavy atom. The number of rotatable bonds is 15. The number of hydrogen-bond donors (Lipinski definition) is 2. The first-order valence-electron chi connectivity index (χ1n) is 13.6. The van der Waals surface area contributed by atoms with Gasteiger partial charge >= 0.3 is 5.97 Å². The van der Waals surface area contributed by atoms with Gasteiger partial charge in [0.1, 0.15) is 11.9 Å². The van der Waals surface area contributed by atoms with Crippen molar-refractivity contribution >= 4 is 11.9 Å². The fraction of sp³-hybridized carbons (Fsp3) is 0.438. The van der Waals surface area contributed by atoms with Crippen molar-refractivity contribution < 1.29 is 28.6 Å². The van der Waals surface area contributed by atoms with E-state index in [0.717, 1.165) is 40.7 Å². The summed E-state index contributed by atoms with van der Waals surface area (Å²) in [7, 11) is 0. The third-order valence-electron chi connectivity index (χ3n) is 6.80. The third kappa shape index (κ3) is 8.10. The van der Waals surface area contributed by atoms with Crippen LogP contribution in [0.5, 0.6) is 0 Å². The van der Waals surface area contributed by atoms with Crippen LogP contribution in [-0.4, -0.2) is 36.3 Å². The molecule has 1 aliphatic rings. The Hall–Kier alpha value is -3.29. The van der Waals surface area contributed by atoms with Crippen LogP contribution < -0.4 is 5.32 Å². The molecule has 0 radical (unpaired) electrons. The number of hydrogen-bond acceptors (Lipinski definition) is 5. The lowest BCUT2D eigenvalue weighted by Crippen LogP contribution is -2.38. The van der Waals surface area contributed by atoms with Crippen LogP contribution in [0.2, 0.25) is 0 Å². The highest BCUT2D eigenvalue weighted by Gasteiger charge is 2.32. The molecule has 1 saturated carbocycles. The number of halogens is 1. The average molecular weight is 538 g/mol. The van der Waals surface area contributed by atoms with Gasteiger partial charge in [-0.15, -0.1) is 13.2 Å². The average Bonchev–Trinajstić information content (AvgIpc) is 3.73. The molecule has 1 aliphatic carbocycles. The van der Waals surface area contributed by atoms with Gasteiger partial charge in [-0.05, 0) is 92.3 Å². The van der Waals surface area contributed by atoms with E-state index in [9.17, 15) is 14.7 Å². The molecular formula is C32H40FNO5. The molecule has 2 atom stereocenters. The van der Waals surface area contributed by atoms with Crippen LogP contribution in [0.4, 0.5) is 4.39 Å². The molecule has 39 heavy (non-hydrogen) atoms. The van der Waals surface area contributed by atoms with Gasteiger partial charge in [-0.1, -0.05) is 29.8 Å². The smallest absolute Gasteiger partial charge is 0.308 e. The van der Waals surface area contributed by atoms with Gasteiger partial charge < -0.3 is 19.9 Å². The van der Waals surface area contributed by atoms with Gasteiger partial charge in [-0.2, -0.15) is 0 Å². The lowest BCUT2D eigenvalue weighted by molar-refractivity contribution is -0.144. The van der Waals surface area contributed by atoms with Gasteiger partial charge in [0.15, 0.2) is 0 Å². The number of aliphatic hydroxyl groups excluding tert-OH is 1. The Morgan fingerprint density at radius 2 is 1.92 bits per heavy atom. The second kappa shape index (κ2) is 14.2. The van der Waals surface area contributed by atoms with E-state index in [4.69, 9.17) is 9.47 Å². The number of carbonyl (C=O) groups is 2. The maximum absolute atomic E-state index is 16.1. The molecule has 0 aromatic heterocycles. The Labute approximate surface area is 230 Å². The summed E-state index contributed by atoms with van der Waals surface area (Å²) in [4.78, 5) is 25.4. The molecule has 2 aromatic rings. The Morgan fingerprint density at radius 3 is 2.56 bits per heavy atom. The van der Waals surface area contributed by atoms with E-state index in [1.165, 1.54) is 0 Å². The van der Waals surface area contributed by atoms with Gasteiger partial charge in [0.25, 0.3) is 0 Å². The molecule has 0 unspecified atom stereocenters. The first-order chi connectivity index (χ1) is 18.7. The highest BCUT2D eigenvalue weighted by Crippen LogP contribution is 2.45. The number of nitrogens with one attached hydrogen (secondary N) is 1. The van der Waals surface area contributed by atoms with Crippen molar-refractivity contribution in [2.24, 2.45) is 0 Å². The van der Waals surface area contributed by atoms with Crippen molar-refractivity contribution in [1.29, 1.82) is 0 Å². The highest BCUT2D eigenvalue weighted by atomic mass is 19.1. The summed E-state index contributed by atoms with van der Waals surface area (Å²) in [5.41, 5.74) is 5.54. The zero-order valence-corrected chi connectivity index (χ0v) is 23.2. The minimum absolute atomic E-state index is 0.0760. The standard InChI is InChI=1S/C32H40FNO5/c1-6-9-10-28(35)32(37)34-27(18-29(36)39-8-3)26-17-23(16-25(31(26)33)22-11-12-22)30-21(5)14-20(4)15-24(30)19-38-13-7-2/h6-7,14-17,22,27-28,35H,1-2,8-13,18-19H2,3-5H3,(H,34,37)/t27-,28+/m0/s1. The van der Waals surface area contributed by atoms with Gasteiger partial charge in [0.05, 0.1) is 32.3 Å². The molecule has 1 fully saturated rings. The van der Waals surface area contributed by atoms with Gasteiger partial charge in [0.2, 0.25) is 5.91 Å². The van der Waals surface area contributed by atoms with Gasteiger partial charge in [-0.3, -0.25) is 9.59 Å². The lowest BCUT2D eigenvalue weighted by Gasteiger charge is -2.24. The largest absolute Gasteiger partial charge is 0.466 e. The van der Waals surface area contributed by atoms with E-state index >= 15 is 4.39 Å². The quantitative estimate of drug-likeness (QED) is 0.162. The second-order valence-corrected chi connectivity index (χ2v) is 10.1. The number of ether oxygens (including phenoxy) is 2. The van der Waals surface area contributed by atoms with Crippen molar-refractivity contribution in [2.75, 3.05) is 13.2 Å². The minimum Gasteiger partial charge on any atom is -0.466 e. The lowest BCUT2D eigenvalue weighted by atomic mass is 9.88. The third-order valence-corrected chi connectivity index (χ3v) is 6.80. The number of amides is 1. The molecule has 0 spiro atoms. The topological polar surface area (TPSA) is 84.9 Å². The molecule has 0 heterocycles. The maximum atomic E-state index is 16.1. The Kier molecular flexibility index (Phi) is 11.0. The molecule has 0 saturated heterocycles. The van der Waals surface area contributed by atoms with E-state index < -0.39 is 29.8 Å². The molecule has 6 nitrogen and oxygen atoms in total. The predicted molar refractivity (Wildman–Crippen MR) is 151 cm³/mol. The number of benzene rings is 2. The molecular weight excluding hydrogens is 497 g/mol. The van der Waals surface area contributed by atoms with Crippen LogP contribution in [0.3, 0.4) is 0 Å². The first-order valence-corrected chi connectivity index (χ1v) is 13.6. The van der Waals surface area contributed by atoms with Crippen LogP contribution in [-0.2, 0) is 25.7 Å². The summed E-state index contributed by atoms with van der Waals surface area (Å²) in [5.74, 6) is -1.60. The molecule has 210 valence electrons. The SMILES string of the molecule is C=CCC[C@@H](O)C(=O)N[C@@H](CC(=O)OCC)c1cc(-c2c(C)cc(C)cc2COCC=C)cc(C2CC2)c1F. The van der Waals surface area contributed by atoms with Gasteiger partial charge in [-0.25, -0.2) is 4.39 Å². The monoisotopic (exact) mass is 537 g/mol. The zero-order valence-electron chi connectivity index (χ0n) is 23.2. The van der Waals surface area contributed by atoms with Crippen LogP contribution in [0.25, 0.3) is 11.1 Å². The number of esters is 1. The van der Waals surface area contributed by atoms with E-state index in [2.05, 4.69) is 30.6 Å². The number of aryl methyl sites for hydroxylation is 2. The summed E-state index contributed by atoms with van der Waals surface area (Å²) in [6.45, 7) is 14.0. The van der Waals surface area contributed by atoms with Crippen LogP contribution >= 0.6 is 0 Å². The predicted octanol–water partition coefficient (Wildman–Crippen LogP) is 6.13. The normalized spacial score (nSPS) is 14.4. The fourth-order valence-electron chi connectivity index (χ4n) is 4.89. The van der Waals surface area contributed by atoms with Crippen molar-refractivity contribution in [2.45, 2.75) is 77.5 Å². The van der Waals surface area contributed by atoms with Crippen molar-refractivity contribution in [1.82, 2.24) is 5.32 Å². The van der Waals surface area contributed by atoms with Crippen molar-refractivity contribution in [3.63, 3.8) is 0 Å². The minimum atomic E-state index is -1.31. The van der Waals surface area contributed by atoms with E-state index in [1.807, 2.05) is 19.9 Å². The van der Waals surface area contributed by atoms with Crippen LogP contribution in [0, 0.1) is 19.7 Å². The Bertz CT molecular complexity index is 1200. The molecule has 2 N–H and O–H groups in total. The van der Waals surface area contributed by atoms with E-state index in [-0.39, 0.29) is 30.9 Å². The molecule has 0 aliphatic heterocycles. The molecule has 0 bridgehead atoms. The number of carbonyl (C=O) groups excluding carboxylic acids is 2. The van der Waals surface area contributed by atoms with Crippen molar-refractivity contribution in [3.05, 3.63) is 83.2 Å². The first kappa shape index (κ1) is 30.3. The number of allylic oxidation sites excluding steroid dienone is 1. The molecule has 2 aromatic carbocycles. The van der Waals surface area contributed by atoms with Crippen molar-refractivity contribution in [3.8, 4) is 11.1 Å². The summed E-state index contributed by atoms with van der Waals surface area (Å²) >= 11 is 0. The maximum Gasteiger partial charge on any atom is 0.308 e. The molecule has 1 amide bonds. The fourth-order valence-corrected chi connectivity index (χ4v) is 4.89. The van der Waals surface area contributed by atoms with Crippen LogP contribution in [0.15, 0.2) is 49.6 Å². The highest BCUT2D eigenvalue weighted by molar-refractivity contribution is 5.82. The summed E-state index contributed by atoms with van der Waals surface area (Å²) in [6, 6.07) is 6.70. The van der Waals surface area contributed by atoms with E-state index in [1.54, 1.807) is 25.1 Å². The summed E-state index contributed by atoms with van der Waals surface area (Å²) in [5, 5.41) is 13.1. The molecule has 7 heteroatoms. The molecule has 3 rings (SSSR count).